The van der Waals surface area contributed by atoms with Crippen LogP contribution in [-0.2, 0) is 4.43 Å². The third-order valence-electron chi connectivity index (χ3n) is 4.25. The Kier molecular flexibility index (Phi) is 5.19. The number of hydrogen-bond acceptors (Lipinski definition) is 3. The predicted octanol–water partition coefficient (Wildman–Crippen LogP) is 2.43. The van der Waals surface area contributed by atoms with E-state index in [1.165, 1.54) is 12.8 Å². The molecule has 0 bridgehead atoms. The second kappa shape index (κ2) is 5.82. The van der Waals surface area contributed by atoms with E-state index in [-0.39, 0.29) is 0 Å². The Labute approximate surface area is 108 Å². The van der Waals surface area contributed by atoms with Crippen molar-refractivity contribution in [2.24, 2.45) is 5.73 Å². The summed E-state index contributed by atoms with van der Waals surface area (Å²) in [5, 5.41) is 0.321. The molecule has 0 aromatic carbocycles. The molecule has 1 saturated heterocycles. The van der Waals surface area contributed by atoms with Crippen LogP contribution in [0.25, 0.3) is 0 Å². The summed E-state index contributed by atoms with van der Waals surface area (Å²) in [5.41, 5.74) is 5.59. The van der Waals surface area contributed by atoms with Gasteiger partial charge in [0.15, 0.2) is 8.32 Å². The first-order chi connectivity index (χ1) is 7.76. The van der Waals surface area contributed by atoms with Gasteiger partial charge in [0.1, 0.15) is 0 Å². The second-order valence-electron chi connectivity index (χ2n) is 6.71. The van der Waals surface area contributed by atoms with Gasteiger partial charge >= 0.3 is 0 Å². The van der Waals surface area contributed by atoms with Crippen molar-refractivity contribution in [2.75, 3.05) is 26.2 Å². The van der Waals surface area contributed by atoms with Crippen LogP contribution >= 0.6 is 0 Å². The zero-order valence-electron chi connectivity index (χ0n) is 12.3. The number of piperidine rings is 1. The highest BCUT2D eigenvalue weighted by atomic mass is 28.4. The molecule has 0 radical (unpaired) electrons. The van der Waals surface area contributed by atoms with Crippen molar-refractivity contribution in [1.82, 2.24) is 4.90 Å². The van der Waals surface area contributed by atoms with Crippen LogP contribution in [0.15, 0.2) is 0 Å². The number of likely N-dealkylation sites (tertiary alicyclic amines) is 1. The van der Waals surface area contributed by atoms with Gasteiger partial charge in [0.2, 0.25) is 0 Å². The average molecular weight is 258 g/mol. The molecule has 1 aliphatic heterocycles. The van der Waals surface area contributed by atoms with Crippen molar-refractivity contribution in [2.45, 2.75) is 57.8 Å². The lowest BCUT2D eigenvalue weighted by Gasteiger charge is -2.41. The van der Waals surface area contributed by atoms with Crippen LogP contribution in [0.4, 0.5) is 0 Å². The Hall–Kier alpha value is 0.0969. The van der Waals surface area contributed by atoms with Gasteiger partial charge in [-0.2, -0.15) is 0 Å². The molecular weight excluding hydrogens is 228 g/mol. The minimum Gasteiger partial charge on any atom is -0.414 e. The summed E-state index contributed by atoms with van der Waals surface area (Å²) in [4.78, 5) is 2.45. The number of hydrogen-bond donors (Lipinski definition) is 1. The summed E-state index contributed by atoms with van der Waals surface area (Å²) in [6.07, 6.45) is 2.82. The SMILES string of the molecule is CC(C)(C)[Si](C)(C)OC1CCN(CCN)CC1. The van der Waals surface area contributed by atoms with Crippen LogP contribution in [0.3, 0.4) is 0 Å². The smallest absolute Gasteiger partial charge is 0.192 e. The van der Waals surface area contributed by atoms with Gasteiger partial charge in [0.05, 0.1) is 0 Å². The summed E-state index contributed by atoms with van der Waals surface area (Å²) in [5.74, 6) is 0. The van der Waals surface area contributed by atoms with Crippen molar-refractivity contribution < 1.29 is 4.43 Å². The molecule has 4 heteroatoms. The standard InChI is InChI=1S/C13H30N2OSi/c1-13(2,3)17(4,5)16-12-6-9-15(10-7-12)11-8-14/h12H,6-11,14H2,1-5H3. The van der Waals surface area contributed by atoms with Gasteiger partial charge in [-0.05, 0) is 31.0 Å². The lowest BCUT2D eigenvalue weighted by molar-refractivity contribution is 0.0912. The number of nitrogens with two attached hydrogens (primary N) is 1. The summed E-state index contributed by atoms with van der Waals surface area (Å²) < 4.78 is 6.45. The van der Waals surface area contributed by atoms with Crippen LogP contribution in [0.2, 0.25) is 18.1 Å². The van der Waals surface area contributed by atoms with E-state index in [1.54, 1.807) is 0 Å². The van der Waals surface area contributed by atoms with E-state index in [0.717, 1.165) is 26.2 Å². The van der Waals surface area contributed by atoms with Crippen molar-refractivity contribution in [3.63, 3.8) is 0 Å². The Morgan fingerprint density at radius 3 is 2.18 bits per heavy atom. The molecule has 1 rings (SSSR count). The predicted molar refractivity (Wildman–Crippen MR) is 76.8 cm³/mol. The molecule has 17 heavy (non-hydrogen) atoms. The molecule has 0 spiro atoms. The fraction of sp³-hybridized carbons (Fsp3) is 1.00. The van der Waals surface area contributed by atoms with Gasteiger partial charge in [-0.1, -0.05) is 20.8 Å². The van der Waals surface area contributed by atoms with Gasteiger partial charge < -0.3 is 15.1 Å². The molecule has 0 aromatic rings. The first-order valence-corrected chi connectivity index (χ1v) is 9.77. The molecule has 0 saturated carbocycles. The van der Waals surface area contributed by atoms with Crippen molar-refractivity contribution in [3.8, 4) is 0 Å². The molecule has 0 unspecified atom stereocenters. The highest BCUT2D eigenvalue weighted by Gasteiger charge is 2.39. The normalized spacial score (nSPS) is 20.8. The molecule has 0 aromatic heterocycles. The summed E-state index contributed by atoms with van der Waals surface area (Å²) in [6, 6.07) is 0. The van der Waals surface area contributed by atoms with Crippen molar-refractivity contribution in [1.29, 1.82) is 0 Å². The highest BCUT2D eigenvalue weighted by molar-refractivity contribution is 6.74. The first kappa shape index (κ1) is 15.2. The maximum atomic E-state index is 6.45. The largest absolute Gasteiger partial charge is 0.414 e. The van der Waals surface area contributed by atoms with E-state index < -0.39 is 8.32 Å². The molecule has 3 nitrogen and oxygen atoms in total. The Balaban J connectivity index is 2.40. The quantitative estimate of drug-likeness (QED) is 0.787. The van der Waals surface area contributed by atoms with Crippen LogP contribution in [0.1, 0.15) is 33.6 Å². The third kappa shape index (κ3) is 4.36. The van der Waals surface area contributed by atoms with Crippen LogP contribution in [0.5, 0.6) is 0 Å². The Morgan fingerprint density at radius 1 is 1.24 bits per heavy atom. The molecule has 0 amide bonds. The molecular formula is C13H30N2OSi. The van der Waals surface area contributed by atoms with Crippen molar-refractivity contribution >= 4 is 8.32 Å². The van der Waals surface area contributed by atoms with Crippen LogP contribution in [0, 0.1) is 0 Å². The third-order valence-corrected chi connectivity index (χ3v) is 8.78. The number of rotatable bonds is 4. The molecule has 1 aliphatic rings. The van der Waals surface area contributed by atoms with E-state index in [2.05, 4.69) is 38.8 Å². The molecule has 1 heterocycles. The van der Waals surface area contributed by atoms with E-state index >= 15 is 0 Å². The maximum absolute atomic E-state index is 6.45. The average Bonchev–Trinajstić information content (AvgIpc) is 2.19. The zero-order chi connectivity index (χ0) is 13.1. The lowest BCUT2D eigenvalue weighted by Crippen LogP contribution is -2.47. The maximum Gasteiger partial charge on any atom is 0.192 e. The van der Waals surface area contributed by atoms with Crippen LogP contribution in [-0.4, -0.2) is 45.5 Å². The van der Waals surface area contributed by atoms with E-state index in [4.69, 9.17) is 10.2 Å². The Bertz CT molecular complexity index is 230. The number of nitrogens with zero attached hydrogens (tertiary/aromatic N) is 1. The summed E-state index contributed by atoms with van der Waals surface area (Å²) in [7, 11) is -1.58. The monoisotopic (exact) mass is 258 g/mol. The molecule has 102 valence electrons. The first-order valence-electron chi connectivity index (χ1n) is 6.86. The molecule has 0 aliphatic carbocycles. The molecule has 1 fully saturated rings. The molecule has 0 atom stereocenters. The van der Waals surface area contributed by atoms with Gasteiger partial charge in [-0.15, -0.1) is 0 Å². The topological polar surface area (TPSA) is 38.5 Å². The zero-order valence-corrected chi connectivity index (χ0v) is 13.3. The highest BCUT2D eigenvalue weighted by Crippen LogP contribution is 2.38. The fourth-order valence-electron chi connectivity index (χ4n) is 2.03. The van der Waals surface area contributed by atoms with Crippen LogP contribution < -0.4 is 5.73 Å². The fourth-order valence-corrected chi connectivity index (χ4v) is 3.45. The van der Waals surface area contributed by atoms with E-state index in [1.807, 2.05) is 0 Å². The second-order valence-corrected chi connectivity index (χ2v) is 11.5. The Morgan fingerprint density at radius 2 is 1.76 bits per heavy atom. The van der Waals surface area contributed by atoms with Gasteiger partial charge in [-0.25, -0.2) is 0 Å². The van der Waals surface area contributed by atoms with Gasteiger partial charge in [0.25, 0.3) is 0 Å². The minimum absolute atomic E-state index is 0.321. The summed E-state index contributed by atoms with van der Waals surface area (Å²) >= 11 is 0. The van der Waals surface area contributed by atoms with Gasteiger partial charge in [0, 0.05) is 32.3 Å². The minimum atomic E-state index is -1.58. The van der Waals surface area contributed by atoms with E-state index in [9.17, 15) is 0 Å². The summed E-state index contributed by atoms with van der Waals surface area (Å²) in [6.45, 7) is 15.7. The van der Waals surface area contributed by atoms with E-state index in [0.29, 0.717) is 11.1 Å². The lowest BCUT2D eigenvalue weighted by atomic mass is 10.1. The molecule has 2 N–H and O–H groups in total. The van der Waals surface area contributed by atoms with Crippen molar-refractivity contribution in [3.05, 3.63) is 0 Å². The van der Waals surface area contributed by atoms with Gasteiger partial charge in [-0.3, -0.25) is 0 Å².